The first-order valence-electron chi connectivity index (χ1n) is 6.05. The number of carbonyl (C=O) groups excluding carboxylic acids is 3. The molecular formula is C11H9N5O6S2. The Labute approximate surface area is 138 Å². The van der Waals surface area contributed by atoms with Crippen molar-refractivity contribution in [1.82, 2.24) is 19.7 Å². The van der Waals surface area contributed by atoms with Crippen LogP contribution in [-0.4, -0.2) is 46.6 Å². The van der Waals surface area contributed by atoms with Gasteiger partial charge in [0.15, 0.2) is 6.29 Å². The lowest BCUT2D eigenvalue weighted by molar-refractivity contribution is -0.104. The van der Waals surface area contributed by atoms with Gasteiger partial charge in [0.1, 0.15) is 10.7 Å². The topological polar surface area (TPSA) is 168 Å². The minimum atomic E-state index is -4.41. The standard InChI is InChI=1S/C11H9N5O6S2/c1-5-12-9(14-10(19)13-5)15-11(20)16-24(21,22)7-2-3-23-8(7)6(18)4-17/h2-4H,1H3,(H3,12,13,14,15,16,19,20). The van der Waals surface area contributed by atoms with Crippen LogP contribution < -0.4 is 10.0 Å². The van der Waals surface area contributed by atoms with Crippen molar-refractivity contribution in [3.63, 3.8) is 0 Å². The number of nitrogens with zero attached hydrogens (tertiary/aromatic N) is 3. The third-order valence-corrected chi connectivity index (χ3v) is 4.87. The van der Waals surface area contributed by atoms with E-state index in [1.807, 2.05) is 5.32 Å². The normalized spacial score (nSPS) is 10.9. The van der Waals surface area contributed by atoms with E-state index in [0.717, 1.165) is 17.4 Å². The van der Waals surface area contributed by atoms with E-state index in [4.69, 9.17) is 0 Å². The first-order chi connectivity index (χ1) is 11.2. The molecule has 0 unspecified atom stereocenters. The molecule has 3 N–H and O–H groups in total. The Morgan fingerprint density at radius 3 is 2.62 bits per heavy atom. The fourth-order valence-corrected chi connectivity index (χ4v) is 3.82. The molecule has 2 aromatic heterocycles. The zero-order valence-corrected chi connectivity index (χ0v) is 13.5. The summed E-state index contributed by atoms with van der Waals surface area (Å²) in [6.07, 6.45) is -0.0265. The molecule has 0 spiro atoms. The molecule has 0 aliphatic carbocycles. The maximum Gasteiger partial charge on any atom is 0.335 e. The van der Waals surface area contributed by atoms with Gasteiger partial charge in [-0.25, -0.2) is 17.9 Å². The summed E-state index contributed by atoms with van der Waals surface area (Å²) >= 11 is 0.746. The Morgan fingerprint density at radius 1 is 1.29 bits per heavy atom. The van der Waals surface area contributed by atoms with E-state index in [0.29, 0.717) is 0 Å². The van der Waals surface area contributed by atoms with Crippen LogP contribution in [0.2, 0.25) is 0 Å². The predicted molar refractivity (Wildman–Crippen MR) is 80.3 cm³/mol. The number of sulfonamides is 1. The van der Waals surface area contributed by atoms with Crippen LogP contribution in [0, 0.1) is 6.92 Å². The van der Waals surface area contributed by atoms with Crippen LogP contribution in [0.4, 0.5) is 10.7 Å². The highest BCUT2D eigenvalue weighted by atomic mass is 32.2. The lowest BCUT2D eigenvalue weighted by Crippen LogP contribution is -2.35. The number of thiophene rings is 1. The number of aromatic nitrogens is 3. The molecule has 0 saturated heterocycles. The van der Waals surface area contributed by atoms with Gasteiger partial charge in [-0.15, -0.1) is 11.3 Å². The second kappa shape index (κ2) is 6.67. The molecule has 0 aromatic carbocycles. The van der Waals surface area contributed by atoms with Gasteiger partial charge in [-0.1, -0.05) is 0 Å². The minimum absolute atomic E-state index is 0.0265. The van der Waals surface area contributed by atoms with Crippen molar-refractivity contribution in [1.29, 1.82) is 0 Å². The number of aryl methyl sites for hydroxylation is 1. The second-order valence-electron chi connectivity index (χ2n) is 4.16. The van der Waals surface area contributed by atoms with E-state index in [2.05, 4.69) is 15.0 Å². The van der Waals surface area contributed by atoms with E-state index in [1.165, 1.54) is 12.3 Å². The third-order valence-electron chi connectivity index (χ3n) is 2.44. The number of hydrogen-bond donors (Lipinski definition) is 3. The fraction of sp³-hybridized carbons (Fsp3) is 0.0909. The molecule has 0 aliphatic heterocycles. The molecule has 24 heavy (non-hydrogen) atoms. The number of rotatable bonds is 5. The molecule has 2 amide bonds. The quantitative estimate of drug-likeness (QED) is 0.367. The van der Waals surface area contributed by atoms with Crippen molar-refractivity contribution in [2.75, 3.05) is 5.32 Å². The lowest BCUT2D eigenvalue weighted by atomic mass is 10.3. The van der Waals surface area contributed by atoms with Crippen molar-refractivity contribution < 1.29 is 27.9 Å². The summed E-state index contributed by atoms with van der Waals surface area (Å²) in [5, 5.41) is 12.5. The zero-order chi connectivity index (χ0) is 17.9. The minimum Gasteiger partial charge on any atom is -0.479 e. The van der Waals surface area contributed by atoms with Gasteiger partial charge in [-0.05, 0) is 18.4 Å². The zero-order valence-electron chi connectivity index (χ0n) is 11.9. The Kier molecular flexibility index (Phi) is 4.85. The van der Waals surface area contributed by atoms with E-state index in [9.17, 15) is 27.9 Å². The Morgan fingerprint density at radius 2 is 2.00 bits per heavy atom. The maximum atomic E-state index is 12.1. The van der Waals surface area contributed by atoms with Gasteiger partial charge in [0.05, 0.1) is 4.88 Å². The molecule has 0 radical (unpaired) electrons. The summed E-state index contributed by atoms with van der Waals surface area (Å²) < 4.78 is 25.9. The molecule has 11 nitrogen and oxygen atoms in total. The number of aldehydes is 1. The molecule has 0 atom stereocenters. The van der Waals surface area contributed by atoms with Crippen molar-refractivity contribution >= 4 is 45.4 Å². The summed E-state index contributed by atoms with van der Waals surface area (Å²) in [5.41, 5.74) is 0. The summed E-state index contributed by atoms with van der Waals surface area (Å²) in [5.74, 6) is -1.30. The number of aromatic hydroxyl groups is 1. The molecule has 126 valence electrons. The van der Waals surface area contributed by atoms with E-state index < -0.39 is 32.7 Å². The summed E-state index contributed by atoms with van der Waals surface area (Å²) in [7, 11) is -4.41. The number of Topliss-reactive ketones (excluding diaryl/α,β-unsaturated/α-hetero) is 1. The monoisotopic (exact) mass is 371 g/mol. The summed E-state index contributed by atoms with van der Waals surface area (Å²) in [4.78, 5) is 43.4. The number of hydrogen-bond acceptors (Lipinski definition) is 10. The lowest BCUT2D eigenvalue weighted by Gasteiger charge is -2.07. The second-order valence-corrected chi connectivity index (χ2v) is 6.73. The molecule has 0 aliphatic rings. The van der Waals surface area contributed by atoms with Crippen LogP contribution in [0.15, 0.2) is 16.3 Å². The van der Waals surface area contributed by atoms with Gasteiger partial charge in [0.25, 0.3) is 10.0 Å². The molecule has 0 saturated carbocycles. The molecule has 2 heterocycles. The number of ketones is 1. The van der Waals surface area contributed by atoms with E-state index in [1.54, 1.807) is 4.72 Å². The average Bonchev–Trinajstić information content (AvgIpc) is 2.94. The number of carbonyl (C=O) groups is 3. The summed E-state index contributed by atoms with van der Waals surface area (Å²) in [6, 6.07) is -0.802. The van der Waals surface area contributed by atoms with Crippen LogP contribution in [0.25, 0.3) is 0 Å². The van der Waals surface area contributed by atoms with E-state index >= 15 is 0 Å². The molecule has 0 fully saturated rings. The number of urea groups is 1. The number of nitrogens with one attached hydrogen (secondary N) is 2. The van der Waals surface area contributed by atoms with Crippen LogP contribution >= 0.6 is 11.3 Å². The van der Waals surface area contributed by atoms with Crippen molar-refractivity contribution in [2.24, 2.45) is 0 Å². The summed E-state index contributed by atoms with van der Waals surface area (Å²) in [6.45, 7) is 1.42. The highest BCUT2D eigenvalue weighted by Crippen LogP contribution is 2.22. The van der Waals surface area contributed by atoms with Crippen LogP contribution in [0.1, 0.15) is 15.5 Å². The predicted octanol–water partition coefficient (Wildman–Crippen LogP) is -0.161. The number of anilines is 1. The molecule has 2 rings (SSSR count). The van der Waals surface area contributed by atoms with Crippen LogP contribution in [0.3, 0.4) is 0 Å². The molecule has 2 aromatic rings. The first kappa shape index (κ1) is 17.4. The van der Waals surface area contributed by atoms with Crippen LogP contribution in [-0.2, 0) is 14.8 Å². The average molecular weight is 371 g/mol. The van der Waals surface area contributed by atoms with Gasteiger partial charge in [-0.3, -0.25) is 14.9 Å². The van der Waals surface area contributed by atoms with Crippen molar-refractivity contribution in [3.8, 4) is 6.01 Å². The smallest absolute Gasteiger partial charge is 0.335 e. The Balaban J connectivity index is 2.20. The molecule has 0 bridgehead atoms. The van der Waals surface area contributed by atoms with Crippen LogP contribution in [0.5, 0.6) is 6.01 Å². The SMILES string of the molecule is Cc1nc(O)nc(NC(=O)NS(=O)(=O)c2ccsc2C(=O)C=O)n1. The van der Waals surface area contributed by atoms with Gasteiger partial charge in [-0.2, -0.15) is 15.0 Å². The van der Waals surface area contributed by atoms with Gasteiger partial charge in [0, 0.05) is 0 Å². The van der Waals surface area contributed by atoms with Gasteiger partial charge < -0.3 is 5.11 Å². The Bertz CT molecular complexity index is 902. The highest BCUT2D eigenvalue weighted by Gasteiger charge is 2.26. The molecular weight excluding hydrogens is 362 g/mol. The number of amides is 2. The maximum absolute atomic E-state index is 12.1. The van der Waals surface area contributed by atoms with Crippen molar-refractivity contribution in [2.45, 2.75) is 11.8 Å². The Hall–Kier alpha value is -2.93. The van der Waals surface area contributed by atoms with Crippen molar-refractivity contribution in [3.05, 3.63) is 22.1 Å². The molecule has 13 heteroatoms. The fourth-order valence-electron chi connectivity index (χ4n) is 1.57. The highest BCUT2D eigenvalue weighted by molar-refractivity contribution is 7.90. The van der Waals surface area contributed by atoms with Gasteiger partial charge >= 0.3 is 12.0 Å². The third kappa shape index (κ3) is 3.88. The first-order valence-corrected chi connectivity index (χ1v) is 8.41. The van der Waals surface area contributed by atoms with E-state index in [-0.39, 0.29) is 22.9 Å². The largest absolute Gasteiger partial charge is 0.479 e. The van der Waals surface area contributed by atoms with Gasteiger partial charge in [0.2, 0.25) is 11.7 Å².